The Kier molecular flexibility index (Phi) is 4.90. The molecule has 0 aliphatic heterocycles. The fourth-order valence-electron chi connectivity index (χ4n) is 2.28. The number of fused-ring (bicyclic) bond motifs is 1. The quantitative estimate of drug-likeness (QED) is 0.847. The Bertz CT molecular complexity index is 703. The van der Waals surface area contributed by atoms with Crippen LogP contribution in [0.1, 0.15) is 34.1 Å². The smallest absolute Gasteiger partial charge is 0.263 e. The zero-order chi connectivity index (χ0) is 15.6. The van der Waals surface area contributed by atoms with Crippen LogP contribution in [0, 0.1) is 0 Å². The molecule has 0 amide bonds. The molecule has 118 valence electrons. The summed E-state index contributed by atoms with van der Waals surface area (Å²) in [5, 5.41) is 5.15. The summed E-state index contributed by atoms with van der Waals surface area (Å²) >= 11 is 1.43. The summed E-state index contributed by atoms with van der Waals surface area (Å²) in [5.74, 6) is 0.436. The zero-order valence-electron chi connectivity index (χ0n) is 12.8. The summed E-state index contributed by atoms with van der Waals surface area (Å²) in [6.45, 7) is 8.83. The number of anilines is 1. The van der Waals surface area contributed by atoms with Crippen molar-refractivity contribution < 1.29 is 8.42 Å². The first-order chi connectivity index (χ1) is 9.93. The third-order valence-electron chi connectivity index (χ3n) is 3.14. The van der Waals surface area contributed by atoms with Crippen LogP contribution in [0.2, 0.25) is 0 Å². The van der Waals surface area contributed by atoms with Gasteiger partial charge in [-0.15, -0.1) is 11.3 Å². The van der Waals surface area contributed by atoms with E-state index < -0.39 is 10.0 Å². The number of aromatic nitrogens is 2. The van der Waals surface area contributed by atoms with Gasteiger partial charge in [-0.3, -0.25) is 4.40 Å². The molecule has 0 aliphatic carbocycles. The van der Waals surface area contributed by atoms with E-state index in [1.165, 1.54) is 15.6 Å². The van der Waals surface area contributed by atoms with Gasteiger partial charge in [0, 0.05) is 30.7 Å². The predicted octanol–water partition coefficient (Wildman–Crippen LogP) is 2.64. The van der Waals surface area contributed by atoms with Gasteiger partial charge < -0.3 is 5.32 Å². The van der Waals surface area contributed by atoms with Crippen LogP contribution in [-0.4, -0.2) is 41.2 Å². The number of nitrogens with zero attached hydrogens (tertiary/aromatic N) is 3. The zero-order valence-corrected chi connectivity index (χ0v) is 14.5. The van der Waals surface area contributed by atoms with E-state index >= 15 is 0 Å². The van der Waals surface area contributed by atoms with Crippen LogP contribution in [0.15, 0.2) is 16.6 Å². The molecule has 0 aromatic carbocycles. The van der Waals surface area contributed by atoms with Gasteiger partial charge in [0.05, 0.1) is 0 Å². The molecule has 6 nitrogen and oxygen atoms in total. The maximum absolute atomic E-state index is 13.1. The molecule has 8 heteroatoms. The van der Waals surface area contributed by atoms with Crippen LogP contribution in [-0.2, 0) is 10.0 Å². The van der Waals surface area contributed by atoms with E-state index in [4.69, 9.17) is 0 Å². The third-order valence-corrected chi connectivity index (χ3v) is 5.99. The van der Waals surface area contributed by atoms with Crippen LogP contribution >= 0.6 is 11.3 Å². The summed E-state index contributed by atoms with van der Waals surface area (Å²) in [5.41, 5.74) is 0. The third kappa shape index (κ3) is 2.93. The van der Waals surface area contributed by atoms with E-state index in [-0.39, 0.29) is 11.1 Å². The van der Waals surface area contributed by atoms with Gasteiger partial charge in [-0.25, -0.2) is 13.4 Å². The van der Waals surface area contributed by atoms with Crippen molar-refractivity contribution in [3.8, 4) is 0 Å². The van der Waals surface area contributed by atoms with Gasteiger partial charge in [0.15, 0.2) is 15.8 Å². The number of hydrogen-bond acceptors (Lipinski definition) is 5. The molecule has 0 atom stereocenters. The Hall–Kier alpha value is -1.12. The second-order valence-electron chi connectivity index (χ2n) is 5.06. The average Bonchev–Trinajstić information content (AvgIpc) is 2.95. The minimum absolute atomic E-state index is 0.0892. The van der Waals surface area contributed by atoms with E-state index in [1.807, 2.05) is 33.1 Å². The Labute approximate surface area is 129 Å². The van der Waals surface area contributed by atoms with Crippen molar-refractivity contribution in [1.29, 1.82) is 0 Å². The Balaban J connectivity index is 2.61. The van der Waals surface area contributed by atoms with E-state index in [2.05, 4.69) is 10.3 Å². The van der Waals surface area contributed by atoms with Gasteiger partial charge in [-0.2, -0.15) is 4.31 Å². The molecule has 2 aromatic heterocycles. The number of rotatable bonds is 7. The summed E-state index contributed by atoms with van der Waals surface area (Å²) in [7, 11) is -3.59. The second-order valence-corrected chi connectivity index (χ2v) is 7.74. The molecule has 1 N–H and O–H groups in total. The molecule has 2 rings (SSSR count). The highest BCUT2D eigenvalue weighted by molar-refractivity contribution is 7.89. The number of hydrogen-bond donors (Lipinski definition) is 1. The van der Waals surface area contributed by atoms with Gasteiger partial charge in [0.25, 0.3) is 10.0 Å². The van der Waals surface area contributed by atoms with Gasteiger partial charge in [0.1, 0.15) is 0 Å². The Morgan fingerprint density at radius 2 is 2.14 bits per heavy atom. The lowest BCUT2D eigenvalue weighted by atomic mass is 10.4. The minimum atomic E-state index is -3.59. The fraction of sp³-hybridized carbons (Fsp3) is 0.615. The first-order valence-corrected chi connectivity index (χ1v) is 9.46. The van der Waals surface area contributed by atoms with Crippen LogP contribution < -0.4 is 5.32 Å². The molecule has 0 unspecified atom stereocenters. The monoisotopic (exact) mass is 330 g/mol. The van der Waals surface area contributed by atoms with Crippen LogP contribution in [0.25, 0.3) is 4.96 Å². The largest absolute Gasteiger partial charge is 0.368 e. The van der Waals surface area contributed by atoms with Crippen molar-refractivity contribution in [2.75, 3.05) is 18.4 Å². The lowest BCUT2D eigenvalue weighted by Gasteiger charge is -2.25. The maximum Gasteiger partial charge on any atom is 0.263 e. The van der Waals surface area contributed by atoms with Crippen molar-refractivity contribution in [2.45, 2.75) is 45.2 Å². The minimum Gasteiger partial charge on any atom is -0.368 e. The number of thiazole rings is 1. The molecule has 0 fully saturated rings. The fourth-order valence-corrected chi connectivity index (χ4v) is 5.01. The van der Waals surface area contributed by atoms with Crippen molar-refractivity contribution in [2.24, 2.45) is 0 Å². The molecule has 0 radical (unpaired) electrons. The van der Waals surface area contributed by atoms with Crippen LogP contribution in [0.5, 0.6) is 0 Å². The first kappa shape index (κ1) is 16.3. The molecule has 0 aliphatic rings. The number of nitrogens with one attached hydrogen (secondary N) is 1. The first-order valence-electron chi connectivity index (χ1n) is 7.14. The van der Waals surface area contributed by atoms with Crippen molar-refractivity contribution >= 4 is 32.1 Å². The highest BCUT2D eigenvalue weighted by atomic mass is 32.2. The Morgan fingerprint density at radius 3 is 2.71 bits per heavy atom. The molecular weight excluding hydrogens is 308 g/mol. The number of sulfonamides is 1. The SMILES string of the molecule is CCCN(C(C)C)S(=O)(=O)c1c(NCC)nc2sccn12. The van der Waals surface area contributed by atoms with Crippen LogP contribution in [0.4, 0.5) is 5.82 Å². The molecule has 2 heterocycles. The van der Waals surface area contributed by atoms with Crippen molar-refractivity contribution in [3.63, 3.8) is 0 Å². The standard InChI is InChI=1S/C13H22N4O2S2/c1-5-7-17(10(3)4)21(18,19)12-11(14-6-2)15-13-16(12)8-9-20-13/h8-10,14H,5-7H2,1-4H3. The topological polar surface area (TPSA) is 66.7 Å². The van der Waals surface area contributed by atoms with E-state index in [9.17, 15) is 8.42 Å². The molecule has 0 spiro atoms. The summed E-state index contributed by atoms with van der Waals surface area (Å²) < 4.78 is 29.3. The Morgan fingerprint density at radius 1 is 1.43 bits per heavy atom. The van der Waals surface area contributed by atoms with E-state index in [0.29, 0.717) is 23.9 Å². The van der Waals surface area contributed by atoms with Gasteiger partial charge in [-0.1, -0.05) is 6.92 Å². The van der Waals surface area contributed by atoms with Gasteiger partial charge >= 0.3 is 0 Å². The summed E-state index contributed by atoms with van der Waals surface area (Å²) in [6, 6.07) is -0.0892. The van der Waals surface area contributed by atoms with E-state index in [0.717, 1.165) is 6.42 Å². The molecular formula is C13H22N4O2S2. The van der Waals surface area contributed by atoms with Crippen molar-refractivity contribution in [3.05, 3.63) is 11.6 Å². The highest BCUT2D eigenvalue weighted by Gasteiger charge is 2.33. The average molecular weight is 330 g/mol. The normalized spacial score (nSPS) is 12.7. The summed E-state index contributed by atoms with van der Waals surface area (Å²) in [4.78, 5) is 5.08. The van der Waals surface area contributed by atoms with E-state index in [1.54, 1.807) is 10.6 Å². The molecule has 2 aromatic rings. The van der Waals surface area contributed by atoms with Gasteiger partial charge in [-0.05, 0) is 27.2 Å². The maximum atomic E-state index is 13.1. The highest BCUT2D eigenvalue weighted by Crippen LogP contribution is 2.29. The van der Waals surface area contributed by atoms with Gasteiger partial charge in [0.2, 0.25) is 0 Å². The van der Waals surface area contributed by atoms with Crippen LogP contribution in [0.3, 0.4) is 0 Å². The second kappa shape index (κ2) is 6.33. The summed E-state index contributed by atoms with van der Waals surface area (Å²) in [6.07, 6.45) is 2.53. The van der Waals surface area contributed by atoms with Crippen molar-refractivity contribution in [1.82, 2.24) is 13.7 Å². The molecule has 0 saturated heterocycles. The number of imidazole rings is 1. The molecule has 0 bridgehead atoms. The molecule has 0 saturated carbocycles. The lowest BCUT2D eigenvalue weighted by molar-refractivity contribution is 0.352. The predicted molar refractivity (Wildman–Crippen MR) is 86.6 cm³/mol. The lowest BCUT2D eigenvalue weighted by Crippen LogP contribution is -2.38. The molecule has 21 heavy (non-hydrogen) atoms.